The molecule has 0 saturated carbocycles. The largest absolute Gasteiger partial charge is 0.411 e. The normalized spacial score (nSPS) is 11.8. The third-order valence-corrected chi connectivity index (χ3v) is 1.94. The molecule has 3 nitrogen and oxygen atoms in total. The number of carbonyl (C=O) groups excluding carboxylic acids is 1. The standard InChI is InChI=1S/C12H9F3N2O/c1-8(18)17-11(6-12(13,14)15)10-4-2-9(7-16)3-5-10/h2-6H,1H3,(H,17,18)/b11-6+. The second-order valence-electron chi connectivity index (χ2n) is 3.47. The van der Waals surface area contributed by atoms with Gasteiger partial charge in [-0.1, -0.05) is 12.1 Å². The fourth-order valence-corrected chi connectivity index (χ4v) is 1.27. The van der Waals surface area contributed by atoms with E-state index < -0.39 is 12.1 Å². The van der Waals surface area contributed by atoms with Crippen molar-refractivity contribution in [3.8, 4) is 6.07 Å². The van der Waals surface area contributed by atoms with Crippen molar-refractivity contribution in [2.24, 2.45) is 0 Å². The van der Waals surface area contributed by atoms with E-state index in [1.54, 1.807) is 0 Å². The van der Waals surface area contributed by atoms with Crippen molar-refractivity contribution in [1.29, 1.82) is 5.26 Å². The number of halogens is 3. The smallest absolute Gasteiger partial charge is 0.326 e. The number of hydrogen-bond donors (Lipinski definition) is 1. The molecule has 0 fully saturated rings. The van der Waals surface area contributed by atoms with E-state index in [9.17, 15) is 18.0 Å². The Labute approximate surface area is 102 Å². The van der Waals surface area contributed by atoms with Crippen LogP contribution in [0.2, 0.25) is 0 Å². The Morgan fingerprint density at radius 1 is 1.33 bits per heavy atom. The van der Waals surface area contributed by atoms with E-state index in [-0.39, 0.29) is 17.3 Å². The second-order valence-corrected chi connectivity index (χ2v) is 3.47. The molecule has 0 aliphatic carbocycles. The summed E-state index contributed by atoms with van der Waals surface area (Å²) in [5.41, 5.74) is 0.161. The maximum Gasteiger partial charge on any atom is 0.411 e. The topological polar surface area (TPSA) is 52.9 Å². The molecule has 1 amide bonds. The average molecular weight is 254 g/mol. The average Bonchev–Trinajstić information content (AvgIpc) is 2.26. The summed E-state index contributed by atoms with van der Waals surface area (Å²) in [5.74, 6) is -0.602. The van der Waals surface area contributed by atoms with Crippen molar-refractivity contribution in [2.45, 2.75) is 13.1 Å². The van der Waals surface area contributed by atoms with Gasteiger partial charge in [0, 0.05) is 13.0 Å². The summed E-state index contributed by atoms with van der Waals surface area (Å²) in [7, 11) is 0. The SMILES string of the molecule is CC(=O)N/C(=C/C(F)(F)F)c1ccc(C#N)cc1. The van der Waals surface area contributed by atoms with Gasteiger partial charge in [-0.2, -0.15) is 18.4 Å². The first-order valence-corrected chi connectivity index (χ1v) is 4.89. The van der Waals surface area contributed by atoms with E-state index in [4.69, 9.17) is 5.26 Å². The van der Waals surface area contributed by atoms with Crippen molar-refractivity contribution in [1.82, 2.24) is 5.32 Å². The van der Waals surface area contributed by atoms with Gasteiger partial charge in [0.2, 0.25) is 5.91 Å². The molecular formula is C12H9F3N2O. The molecule has 0 spiro atoms. The maximum absolute atomic E-state index is 12.3. The zero-order chi connectivity index (χ0) is 13.8. The van der Waals surface area contributed by atoms with Crippen molar-refractivity contribution < 1.29 is 18.0 Å². The van der Waals surface area contributed by atoms with Gasteiger partial charge in [-0.05, 0) is 17.7 Å². The lowest BCUT2D eigenvalue weighted by atomic mass is 10.1. The van der Waals surface area contributed by atoms with E-state index in [2.05, 4.69) is 5.32 Å². The lowest BCUT2D eigenvalue weighted by Crippen LogP contribution is -2.20. The fourth-order valence-electron chi connectivity index (χ4n) is 1.27. The Hall–Kier alpha value is -2.29. The quantitative estimate of drug-likeness (QED) is 0.881. The third-order valence-electron chi connectivity index (χ3n) is 1.94. The number of nitriles is 1. The number of hydrogen-bond acceptors (Lipinski definition) is 2. The minimum atomic E-state index is -4.54. The highest BCUT2D eigenvalue weighted by atomic mass is 19.4. The van der Waals surface area contributed by atoms with Gasteiger partial charge >= 0.3 is 6.18 Å². The molecule has 18 heavy (non-hydrogen) atoms. The van der Waals surface area contributed by atoms with E-state index in [1.807, 2.05) is 6.07 Å². The highest BCUT2D eigenvalue weighted by molar-refractivity contribution is 5.85. The minimum Gasteiger partial charge on any atom is -0.326 e. The number of nitrogens with zero attached hydrogens (tertiary/aromatic N) is 1. The Morgan fingerprint density at radius 3 is 2.28 bits per heavy atom. The highest BCUT2D eigenvalue weighted by Crippen LogP contribution is 2.22. The van der Waals surface area contributed by atoms with E-state index >= 15 is 0 Å². The van der Waals surface area contributed by atoms with Gasteiger partial charge in [-0.25, -0.2) is 0 Å². The summed E-state index contributed by atoms with van der Waals surface area (Å²) in [4.78, 5) is 10.9. The molecule has 0 unspecified atom stereocenters. The molecule has 0 aliphatic rings. The van der Waals surface area contributed by atoms with Gasteiger partial charge in [0.15, 0.2) is 0 Å². The van der Waals surface area contributed by atoms with Crippen molar-refractivity contribution in [3.63, 3.8) is 0 Å². The molecule has 0 aromatic heterocycles. The van der Waals surface area contributed by atoms with Crippen LogP contribution in [0, 0.1) is 11.3 Å². The molecule has 1 aromatic rings. The number of amides is 1. The van der Waals surface area contributed by atoms with Crippen molar-refractivity contribution in [3.05, 3.63) is 41.5 Å². The zero-order valence-corrected chi connectivity index (χ0v) is 9.38. The first-order chi connectivity index (χ1) is 8.31. The van der Waals surface area contributed by atoms with Gasteiger partial charge < -0.3 is 5.32 Å². The van der Waals surface area contributed by atoms with Gasteiger partial charge in [-0.15, -0.1) is 0 Å². The highest BCUT2D eigenvalue weighted by Gasteiger charge is 2.25. The molecule has 0 heterocycles. The number of rotatable bonds is 2. The van der Waals surface area contributed by atoms with E-state index in [0.717, 1.165) is 6.92 Å². The molecule has 94 valence electrons. The summed E-state index contributed by atoms with van der Waals surface area (Å²) in [6.07, 6.45) is -4.53. The lowest BCUT2D eigenvalue weighted by Gasteiger charge is -2.10. The monoisotopic (exact) mass is 254 g/mol. The van der Waals surface area contributed by atoms with Gasteiger partial charge in [0.25, 0.3) is 0 Å². The molecule has 6 heteroatoms. The number of nitrogens with one attached hydrogen (secondary N) is 1. The van der Waals surface area contributed by atoms with Crippen LogP contribution in [0.3, 0.4) is 0 Å². The Bertz CT molecular complexity index is 510. The van der Waals surface area contributed by atoms with Crippen LogP contribution in [-0.4, -0.2) is 12.1 Å². The van der Waals surface area contributed by atoms with Gasteiger partial charge in [0.05, 0.1) is 17.3 Å². The Morgan fingerprint density at radius 2 is 1.89 bits per heavy atom. The predicted molar refractivity (Wildman–Crippen MR) is 59.0 cm³/mol. The first-order valence-electron chi connectivity index (χ1n) is 4.89. The van der Waals surface area contributed by atoms with Crippen molar-refractivity contribution in [2.75, 3.05) is 0 Å². The molecule has 1 rings (SSSR count). The summed E-state index contributed by atoms with van der Waals surface area (Å²) < 4.78 is 36.9. The Balaban J connectivity index is 3.14. The molecular weight excluding hydrogens is 245 g/mol. The van der Waals surface area contributed by atoms with Crippen LogP contribution < -0.4 is 5.32 Å². The molecule has 0 radical (unpaired) electrons. The van der Waals surface area contributed by atoms with Crippen LogP contribution in [0.5, 0.6) is 0 Å². The molecule has 0 aliphatic heterocycles. The number of alkyl halides is 3. The summed E-state index contributed by atoms with van der Waals surface area (Å²) in [6.45, 7) is 1.12. The van der Waals surface area contributed by atoms with Gasteiger partial charge in [0.1, 0.15) is 0 Å². The molecule has 1 aromatic carbocycles. The maximum atomic E-state index is 12.3. The van der Waals surface area contributed by atoms with Crippen LogP contribution in [0.4, 0.5) is 13.2 Å². The number of carbonyl (C=O) groups is 1. The minimum absolute atomic E-state index is 0.00970. The lowest BCUT2D eigenvalue weighted by molar-refractivity contribution is -0.117. The van der Waals surface area contributed by atoms with Crippen LogP contribution in [0.15, 0.2) is 30.3 Å². The summed E-state index contributed by atoms with van der Waals surface area (Å²) >= 11 is 0. The molecule has 0 saturated heterocycles. The number of benzene rings is 1. The second kappa shape index (κ2) is 5.36. The first kappa shape index (κ1) is 13.8. The van der Waals surface area contributed by atoms with E-state index in [1.165, 1.54) is 24.3 Å². The summed E-state index contributed by atoms with van der Waals surface area (Å²) in [5, 5.41) is 10.7. The number of allylic oxidation sites excluding steroid dienone is 1. The van der Waals surface area contributed by atoms with Crippen LogP contribution >= 0.6 is 0 Å². The fraction of sp³-hybridized carbons (Fsp3) is 0.167. The van der Waals surface area contributed by atoms with Gasteiger partial charge in [-0.3, -0.25) is 4.79 Å². The van der Waals surface area contributed by atoms with Crippen LogP contribution in [-0.2, 0) is 4.79 Å². The van der Waals surface area contributed by atoms with Crippen LogP contribution in [0.25, 0.3) is 5.70 Å². The zero-order valence-electron chi connectivity index (χ0n) is 9.38. The summed E-state index contributed by atoms with van der Waals surface area (Å²) in [6, 6.07) is 7.28. The van der Waals surface area contributed by atoms with Crippen molar-refractivity contribution >= 4 is 11.6 Å². The van der Waals surface area contributed by atoms with Crippen LogP contribution in [0.1, 0.15) is 18.1 Å². The van der Waals surface area contributed by atoms with E-state index in [0.29, 0.717) is 5.56 Å². The molecule has 0 bridgehead atoms. The molecule has 0 atom stereocenters. The molecule has 1 N–H and O–H groups in total. The Kier molecular flexibility index (Phi) is 4.10. The third kappa shape index (κ3) is 4.29. The predicted octanol–water partition coefficient (Wildman–Crippen LogP) is 2.60.